The molecule has 1 aliphatic rings. The van der Waals surface area contributed by atoms with Gasteiger partial charge in [-0.3, -0.25) is 4.79 Å². The fourth-order valence-electron chi connectivity index (χ4n) is 2.50. The number of carbonyl (C=O) groups is 1. The average Bonchev–Trinajstić information content (AvgIpc) is 2.51. The first-order valence-corrected chi connectivity index (χ1v) is 7.24. The van der Waals surface area contributed by atoms with Crippen molar-refractivity contribution in [2.75, 3.05) is 6.54 Å². The smallest absolute Gasteiger partial charge is 0.222 e. The third kappa shape index (κ3) is 3.90. The Balaban J connectivity index is 2.06. The molecule has 1 aromatic heterocycles. The molecule has 0 N–H and O–H groups in total. The van der Waals surface area contributed by atoms with E-state index >= 15 is 0 Å². The van der Waals surface area contributed by atoms with Crippen LogP contribution in [0.4, 0.5) is 0 Å². The van der Waals surface area contributed by atoms with Gasteiger partial charge in [-0.25, -0.2) is 9.97 Å². The number of amides is 1. The zero-order valence-electron chi connectivity index (χ0n) is 11.5. The lowest BCUT2D eigenvalue weighted by molar-refractivity contribution is -0.131. The second-order valence-electron chi connectivity index (χ2n) is 5.17. The van der Waals surface area contributed by atoms with Crippen molar-refractivity contribution >= 4 is 17.5 Å². The van der Waals surface area contributed by atoms with Crippen LogP contribution in [0.15, 0.2) is 6.07 Å². The first-order valence-electron chi connectivity index (χ1n) is 6.86. The van der Waals surface area contributed by atoms with E-state index < -0.39 is 0 Å². The molecule has 2 heterocycles. The summed E-state index contributed by atoms with van der Waals surface area (Å²) in [6, 6.07) is 1.72. The Kier molecular flexibility index (Phi) is 4.75. The van der Waals surface area contributed by atoms with Gasteiger partial charge >= 0.3 is 0 Å². The van der Waals surface area contributed by atoms with E-state index in [2.05, 4.69) is 16.9 Å². The summed E-state index contributed by atoms with van der Waals surface area (Å²) in [6.45, 7) is 5.34. The molecule has 0 aliphatic carbocycles. The van der Waals surface area contributed by atoms with E-state index in [1.54, 1.807) is 6.07 Å². The normalized spacial score (nSPS) is 20.5. The van der Waals surface area contributed by atoms with Crippen LogP contribution in [0.5, 0.6) is 0 Å². The van der Waals surface area contributed by atoms with Crippen molar-refractivity contribution in [1.82, 2.24) is 14.9 Å². The van der Waals surface area contributed by atoms with Crippen molar-refractivity contribution in [1.29, 1.82) is 0 Å². The fourth-order valence-corrected chi connectivity index (χ4v) is 2.75. The minimum absolute atomic E-state index is 0.206. The van der Waals surface area contributed by atoms with Crippen LogP contribution in [-0.4, -0.2) is 27.3 Å². The molecular formula is C14H20ClN3O. The number of aromatic nitrogens is 2. The highest BCUT2D eigenvalue weighted by Crippen LogP contribution is 2.22. The number of hydrogen-bond donors (Lipinski definition) is 0. The van der Waals surface area contributed by atoms with Crippen LogP contribution in [0.1, 0.15) is 44.1 Å². The minimum atomic E-state index is 0.206. The summed E-state index contributed by atoms with van der Waals surface area (Å²) in [4.78, 5) is 22.5. The number of carbonyl (C=O) groups excluding carboxylic acids is 1. The van der Waals surface area contributed by atoms with Crippen molar-refractivity contribution in [2.45, 2.75) is 46.1 Å². The van der Waals surface area contributed by atoms with Gasteiger partial charge in [0.2, 0.25) is 5.91 Å². The Morgan fingerprint density at radius 1 is 1.42 bits per heavy atom. The van der Waals surface area contributed by atoms with Crippen LogP contribution in [0.3, 0.4) is 0 Å². The maximum atomic E-state index is 12.1. The van der Waals surface area contributed by atoms with Gasteiger partial charge in [-0.15, -0.1) is 0 Å². The molecule has 0 spiro atoms. The number of halogens is 1. The number of aryl methyl sites for hydroxylation is 1. The number of likely N-dealkylation sites (tertiary alicyclic amines) is 1. The van der Waals surface area contributed by atoms with E-state index in [9.17, 15) is 4.79 Å². The minimum Gasteiger partial charge on any atom is -0.335 e. The highest BCUT2D eigenvalue weighted by molar-refractivity contribution is 6.29. The highest BCUT2D eigenvalue weighted by Gasteiger charge is 2.22. The predicted octanol–water partition coefficient (Wildman–Crippen LogP) is 2.98. The van der Waals surface area contributed by atoms with Gasteiger partial charge in [-0.1, -0.05) is 24.9 Å². The zero-order chi connectivity index (χ0) is 13.8. The maximum absolute atomic E-state index is 12.1. The van der Waals surface area contributed by atoms with E-state index in [1.165, 1.54) is 0 Å². The first kappa shape index (κ1) is 14.3. The Labute approximate surface area is 119 Å². The molecule has 1 saturated heterocycles. The van der Waals surface area contributed by atoms with Crippen LogP contribution >= 0.6 is 11.6 Å². The van der Waals surface area contributed by atoms with Crippen molar-refractivity contribution < 1.29 is 4.79 Å². The SMILES string of the molecule is CCC1CCC(=O)N(Cc2nc(C)cc(Cl)n2)CC1. The third-order valence-electron chi connectivity index (χ3n) is 3.71. The third-order valence-corrected chi connectivity index (χ3v) is 3.90. The molecule has 1 aromatic rings. The predicted molar refractivity (Wildman–Crippen MR) is 74.8 cm³/mol. The molecule has 5 heteroatoms. The molecule has 0 aromatic carbocycles. The van der Waals surface area contributed by atoms with Crippen molar-refractivity contribution in [2.24, 2.45) is 5.92 Å². The molecule has 0 saturated carbocycles. The second-order valence-corrected chi connectivity index (χ2v) is 5.55. The standard InChI is InChI=1S/C14H20ClN3O/c1-3-11-4-5-14(19)18(7-6-11)9-13-16-10(2)8-12(15)17-13/h8,11H,3-7,9H2,1-2H3. The monoisotopic (exact) mass is 281 g/mol. The molecule has 0 radical (unpaired) electrons. The zero-order valence-corrected chi connectivity index (χ0v) is 12.3. The largest absolute Gasteiger partial charge is 0.335 e. The molecule has 1 unspecified atom stereocenters. The van der Waals surface area contributed by atoms with Crippen LogP contribution in [0.2, 0.25) is 5.15 Å². The van der Waals surface area contributed by atoms with E-state index in [0.29, 0.717) is 29.9 Å². The quantitative estimate of drug-likeness (QED) is 0.800. The molecule has 19 heavy (non-hydrogen) atoms. The summed E-state index contributed by atoms with van der Waals surface area (Å²) in [5.41, 5.74) is 0.837. The lowest BCUT2D eigenvalue weighted by atomic mass is 9.98. The van der Waals surface area contributed by atoms with Gasteiger partial charge in [-0.05, 0) is 31.7 Å². The van der Waals surface area contributed by atoms with Gasteiger partial charge in [0.05, 0.1) is 6.54 Å². The van der Waals surface area contributed by atoms with Crippen LogP contribution in [0, 0.1) is 12.8 Å². The second kappa shape index (κ2) is 6.33. The lowest BCUT2D eigenvalue weighted by Crippen LogP contribution is -2.30. The average molecular weight is 282 g/mol. The van der Waals surface area contributed by atoms with Gasteiger partial charge in [-0.2, -0.15) is 0 Å². The number of hydrogen-bond acceptors (Lipinski definition) is 3. The van der Waals surface area contributed by atoms with Gasteiger partial charge in [0, 0.05) is 18.7 Å². The van der Waals surface area contributed by atoms with Crippen molar-refractivity contribution in [3.8, 4) is 0 Å². The molecular weight excluding hydrogens is 262 g/mol. The fraction of sp³-hybridized carbons (Fsp3) is 0.643. The Bertz CT molecular complexity index is 444. The summed E-state index contributed by atoms with van der Waals surface area (Å²) < 4.78 is 0. The topological polar surface area (TPSA) is 46.1 Å². The van der Waals surface area contributed by atoms with E-state index in [0.717, 1.165) is 31.5 Å². The molecule has 4 nitrogen and oxygen atoms in total. The van der Waals surface area contributed by atoms with Crippen LogP contribution < -0.4 is 0 Å². The van der Waals surface area contributed by atoms with Gasteiger partial charge in [0.15, 0.2) is 0 Å². The van der Waals surface area contributed by atoms with Gasteiger partial charge < -0.3 is 4.90 Å². The molecule has 0 bridgehead atoms. The molecule has 104 valence electrons. The van der Waals surface area contributed by atoms with Crippen molar-refractivity contribution in [3.63, 3.8) is 0 Å². The van der Waals surface area contributed by atoms with Gasteiger partial charge in [0.25, 0.3) is 0 Å². The summed E-state index contributed by atoms with van der Waals surface area (Å²) >= 11 is 5.93. The molecule has 1 fully saturated rings. The van der Waals surface area contributed by atoms with E-state index in [-0.39, 0.29) is 5.91 Å². The number of rotatable bonds is 3. The van der Waals surface area contributed by atoms with E-state index in [1.807, 2.05) is 11.8 Å². The number of nitrogens with zero attached hydrogens (tertiary/aromatic N) is 3. The Morgan fingerprint density at radius 3 is 2.89 bits per heavy atom. The summed E-state index contributed by atoms with van der Waals surface area (Å²) in [7, 11) is 0. The summed E-state index contributed by atoms with van der Waals surface area (Å²) in [6.07, 6.45) is 3.86. The van der Waals surface area contributed by atoms with E-state index in [4.69, 9.17) is 11.6 Å². The molecule has 2 rings (SSSR count). The molecule has 1 amide bonds. The lowest BCUT2D eigenvalue weighted by Gasteiger charge is -2.20. The molecule has 1 aliphatic heterocycles. The Morgan fingerprint density at radius 2 is 2.21 bits per heavy atom. The van der Waals surface area contributed by atoms with Gasteiger partial charge in [0.1, 0.15) is 11.0 Å². The highest BCUT2D eigenvalue weighted by atomic mass is 35.5. The Hall–Kier alpha value is -1.16. The van der Waals surface area contributed by atoms with Crippen molar-refractivity contribution in [3.05, 3.63) is 22.7 Å². The first-order chi connectivity index (χ1) is 9.08. The van der Waals surface area contributed by atoms with Crippen LogP contribution in [0.25, 0.3) is 0 Å². The summed E-state index contributed by atoms with van der Waals surface area (Å²) in [5.74, 6) is 1.50. The summed E-state index contributed by atoms with van der Waals surface area (Å²) in [5, 5.41) is 0.441. The molecule has 1 atom stereocenters. The van der Waals surface area contributed by atoms with Crippen LogP contribution in [-0.2, 0) is 11.3 Å². The maximum Gasteiger partial charge on any atom is 0.222 e.